The van der Waals surface area contributed by atoms with Crippen LogP contribution in [0.15, 0.2) is 86.9 Å². The number of nitrogens with one attached hydrogen (secondary N) is 2. The second-order valence-electron chi connectivity index (χ2n) is 8.42. The Bertz CT molecular complexity index is 1610. The van der Waals surface area contributed by atoms with Gasteiger partial charge in [-0.2, -0.15) is 0 Å². The molecule has 0 bridgehead atoms. The molecule has 0 spiro atoms. The maximum Gasteiger partial charge on any atom is 0.257 e. The number of benzene rings is 3. The van der Waals surface area contributed by atoms with E-state index >= 15 is 0 Å². The second kappa shape index (κ2) is 8.10. The number of aromatic nitrogens is 1. The highest BCUT2D eigenvalue weighted by atomic mass is 16.3. The third-order valence-electron chi connectivity index (χ3n) is 6.07. The van der Waals surface area contributed by atoms with Crippen LogP contribution >= 0.6 is 0 Å². The average Bonchev–Trinajstić information content (AvgIpc) is 2.82. The molecule has 2 heterocycles. The Morgan fingerprint density at radius 3 is 2.52 bits per heavy atom. The van der Waals surface area contributed by atoms with Crippen molar-refractivity contribution in [2.75, 3.05) is 5.32 Å². The average molecular weight is 437 g/mol. The number of anilines is 1. The van der Waals surface area contributed by atoms with Gasteiger partial charge in [-0.1, -0.05) is 48.5 Å². The molecule has 2 N–H and O–H groups in total. The Morgan fingerprint density at radius 2 is 1.73 bits per heavy atom. The topological polar surface area (TPSA) is 75.1 Å². The SMILES string of the molecule is Cc1cc(C(C)Nc2cccc3cc[nH]c(=O)c23)c2oc(-c3ccccc3)c(C)c(=O)c2c1. The van der Waals surface area contributed by atoms with Gasteiger partial charge in [-0.25, -0.2) is 0 Å². The first-order valence-electron chi connectivity index (χ1n) is 10.9. The first-order valence-corrected chi connectivity index (χ1v) is 10.9. The Labute approximate surface area is 190 Å². The van der Waals surface area contributed by atoms with E-state index in [9.17, 15) is 9.59 Å². The monoisotopic (exact) mass is 436 g/mol. The molecule has 0 radical (unpaired) electrons. The third kappa shape index (κ3) is 3.61. The molecule has 1 unspecified atom stereocenters. The minimum atomic E-state index is -0.216. The van der Waals surface area contributed by atoms with Crippen LogP contribution in [0.1, 0.15) is 29.7 Å². The molecule has 0 aliphatic heterocycles. The van der Waals surface area contributed by atoms with Crippen LogP contribution in [-0.2, 0) is 0 Å². The molecule has 1 atom stereocenters. The maximum absolute atomic E-state index is 13.3. The van der Waals surface area contributed by atoms with Gasteiger partial charge < -0.3 is 14.7 Å². The number of rotatable bonds is 4. The van der Waals surface area contributed by atoms with E-state index in [1.807, 2.05) is 80.6 Å². The zero-order valence-corrected chi connectivity index (χ0v) is 18.7. The van der Waals surface area contributed by atoms with E-state index in [1.54, 1.807) is 13.1 Å². The predicted octanol–water partition coefficient (Wildman–Crippen LogP) is 6.09. The quantitative estimate of drug-likeness (QED) is 0.357. The van der Waals surface area contributed by atoms with Crippen LogP contribution in [0.2, 0.25) is 0 Å². The largest absolute Gasteiger partial charge is 0.455 e. The smallest absolute Gasteiger partial charge is 0.257 e. The van der Waals surface area contributed by atoms with Gasteiger partial charge in [0.05, 0.1) is 16.8 Å². The highest BCUT2D eigenvalue weighted by molar-refractivity contribution is 5.93. The van der Waals surface area contributed by atoms with Crippen LogP contribution in [0.4, 0.5) is 5.69 Å². The van der Waals surface area contributed by atoms with Gasteiger partial charge in [0.15, 0.2) is 5.43 Å². The summed E-state index contributed by atoms with van der Waals surface area (Å²) in [7, 11) is 0. The lowest BCUT2D eigenvalue weighted by molar-refractivity contribution is 0.605. The Balaban J connectivity index is 1.69. The summed E-state index contributed by atoms with van der Waals surface area (Å²) in [5.41, 5.74) is 4.40. The molecule has 0 saturated heterocycles. The number of aryl methyl sites for hydroxylation is 1. The fourth-order valence-corrected chi connectivity index (χ4v) is 4.43. The molecule has 3 aromatic carbocycles. The molecule has 5 heteroatoms. The number of fused-ring (bicyclic) bond motifs is 2. The molecule has 5 nitrogen and oxygen atoms in total. The van der Waals surface area contributed by atoms with E-state index in [0.717, 1.165) is 27.8 Å². The predicted molar refractivity (Wildman–Crippen MR) is 134 cm³/mol. The van der Waals surface area contributed by atoms with Crippen molar-refractivity contribution in [1.29, 1.82) is 0 Å². The lowest BCUT2D eigenvalue weighted by Crippen LogP contribution is -2.14. The molecule has 0 aliphatic carbocycles. The van der Waals surface area contributed by atoms with Crippen molar-refractivity contribution in [3.8, 4) is 11.3 Å². The summed E-state index contributed by atoms with van der Waals surface area (Å²) in [4.78, 5) is 28.6. The van der Waals surface area contributed by atoms with Gasteiger partial charge in [0.25, 0.3) is 5.56 Å². The molecule has 0 saturated carbocycles. The zero-order valence-electron chi connectivity index (χ0n) is 18.7. The summed E-state index contributed by atoms with van der Waals surface area (Å²) in [5.74, 6) is 0.576. The molecular weight excluding hydrogens is 412 g/mol. The first kappa shape index (κ1) is 20.8. The van der Waals surface area contributed by atoms with Gasteiger partial charge in [0.2, 0.25) is 0 Å². The molecule has 2 aromatic heterocycles. The molecule has 0 amide bonds. The molecule has 5 aromatic rings. The lowest BCUT2D eigenvalue weighted by atomic mass is 9.98. The van der Waals surface area contributed by atoms with Crippen molar-refractivity contribution in [3.05, 3.63) is 110 Å². The molecular formula is C28H24N2O3. The highest BCUT2D eigenvalue weighted by Gasteiger charge is 2.19. The van der Waals surface area contributed by atoms with E-state index < -0.39 is 0 Å². The van der Waals surface area contributed by atoms with E-state index in [0.29, 0.717) is 27.7 Å². The summed E-state index contributed by atoms with van der Waals surface area (Å²) in [6.45, 7) is 5.78. The maximum atomic E-state index is 13.3. The van der Waals surface area contributed by atoms with E-state index in [1.165, 1.54) is 0 Å². The molecule has 164 valence electrons. The molecule has 0 aliphatic rings. The van der Waals surface area contributed by atoms with Crippen molar-refractivity contribution < 1.29 is 4.42 Å². The van der Waals surface area contributed by atoms with Gasteiger partial charge in [-0.3, -0.25) is 9.59 Å². The number of pyridine rings is 1. The van der Waals surface area contributed by atoms with E-state index in [-0.39, 0.29) is 17.0 Å². The van der Waals surface area contributed by atoms with Crippen LogP contribution in [0.3, 0.4) is 0 Å². The van der Waals surface area contributed by atoms with Crippen molar-refractivity contribution in [2.45, 2.75) is 26.8 Å². The van der Waals surface area contributed by atoms with Gasteiger partial charge in [-0.05, 0) is 49.9 Å². The van der Waals surface area contributed by atoms with Gasteiger partial charge in [0, 0.05) is 28.6 Å². The van der Waals surface area contributed by atoms with Gasteiger partial charge in [-0.15, -0.1) is 0 Å². The number of aromatic amines is 1. The van der Waals surface area contributed by atoms with E-state index in [4.69, 9.17) is 4.42 Å². The van der Waals surface area contributed by atoms with Crippen LogP contribution in [0, 0.1) is 13.8 Å². The summed E-state index contributed by atoms with van der Waals surface area (Å²) in [6, 6.07) is 21.0. The normalized spacial score (nSPS) is 12.2. The Hall–Kier alpha value is -4.12. The van der Waals surface area contributed by atoms with Crippen LogP contribution in [-0.4, -0.2) is 4.98 Å². The number of hydrogen-bond donors (Lipinski definition) is 2. The fraction of sp³-hybridized carbons (Fsp3) is 0.143. The van der Waals surface area contributed by atoms with Crippen LogP contribution in [0.25, 0.3) is 33.1 Å². The lowest BCUT2D eigenvalue weighted by Gasteiger charge is -2.19. The van der Waals surface area contributed by atoms with Gasteiger partial charge in [0.1, 0.15) is 11.3 Å². The standard InChI is InChI=1S/C28H24N2O3/c1-16-14-21(18(3)30-23-11-7-10-19-12-13-29-28(32)24(19)23)27-22(15-16)25(31)17(2)26(33-27)20-8-5-4-6-9-20/h4-15,18,30H,1-3H3,(H,29,32). The van der Waals surface area contributed by atoms with E-state index in [2.05, 4.69) is 10.3 Å². The van der Waals surface area contributed by atoms with Gasteiger partial charge >= 0.3 is 0 Å². The highest BCUT2D eigenvalue weighted by Crippen LogP contribution is 2.33. The third-order valence-corrected chi connectivity index (χ3v) is 6.07. The minimum Gasteiger partial charge on any atom is -0.455 e. The number of hydrogen-bond acceptors (Lipinski definition) is 4. The number of H-pyrrole nitrogens is 1. The summed E-state index contributed by atoms with van der Waals surface area (Å²) in [5, 5.41) is 5.50. The zero-order chi connectivity index (χ0) is 23.1. The van der Waals surface area contributed by atoms with Crippen molar-refractivity contribution in [2.24, 2.45) is 0 Å². The summed E-state index contributed by atoms with van der Waals surface area (Å²) < 4.78 is 6.41. The summed E-state index contributed by atoms with van der Waals surface area (Å²) >= 11 is 0. The molecule has 33 heavy (non-hydrogen) atoms. The Kier molecular flexibility index (Phi) is 5.09. The molecule has 5 rings (SSSR count). The van der Waals surface area contributed by atoms with Crippen molar-refractivity contribution in [1.82, 2.24) is 4.98 Å². The van der Waals surface area contributed by atoms with Crippen molar-refractivity contribution in [3.63, 3.8) is 0 Å². The minimum absolute atomic E-state index is 0.0335. The second-order valence-corrected chi connectivity index (χ2v) is 8.42. The first-order chi connectivity index (χ1) is 15.9. The van der Waals surface area contributed by atoms with Crippen molar-refractivity contribution >= 4 is 27.4 Å². The van der Waals surface area contributed by atoms with Crippen LogP contribution < -0.4 is 16.3 Å². The molecule has 0 fully saturated rings. The summed E-state index contributed by atoms with van der Waals surface area (Å²) in [6.07, 6.45) is 1.65. The van der Waals surface area contributed by atoms with Crippen LogP contribution in [0.5, 0.6) is 0 Å². The Morgan fingerprint density at radius 1 is 0.939 bits per heavy atom. The fourth-order valence-electron chi connectivity index (χ4n) is 4.43.